The molecule has 1 aliphatic rings. The van der Waals surface area contributed by atoms with E-state index in [0.717, 1.165) is 18.8 Å². The molecule has 1 saturated heterocycles. The highest BCUT2D eigenvalue weighted by Crippen LogP contribution is 2.04. The molecule has 1 aromatic heterocycles. The fraction of sp³-hybridized carbons (Fsp3) is 0.500. The van der Waals surface area contributed by atoms with Crippen molar-refractivity contribution in [1.29, 1.82) is 0 Å². The molecular weight excluding hydrogens is 270 g/mol. The van der Waals surface area contributed by atoms with Gasteiger partial charge in [0.2, 0.25) is 5.91 Å². The molecule has 2 heterocycles. The van der Waals surface area contributed by atoms with Crippen LogP contribution in [-0.4, -0.2) is 54.6 Å². The molecule has 1 fully saturated rings. The second-order valence-corrected chi connectivity index (χ2v) is 4.80. The Bertz CT molecular complexity index is 512. The molecule has 0 spiro atoms. The number of guanidine groups is 1. The zero-order chi connectivity index (χ0) is 15.1. The fourth-order valence-electron chi connectivity index (χ4n) is 1.98. The third-order valence-electron chi connectivity index (χ3n) is 3.10. The van der Waals surface area contributed by atoms with Gasteiger partial charge in [-0.25, -0.2) is 4.98 Å². The average Bonchev–Trinajstić information content (AvgIpc) is 2.48. The number of nitrogens with one attached hydrogen (secondary N) is 1. The van der Waals surface area contributed by atoms with Gasteiger partial charge in [0, 0.05) is 25.2 Å². The quantitative estimate of drug-likeness (QED) is 0.617. The molecule has 0 aromatic carbocycles. The van der Waals surface area contributed by atoms with Crippen LogP contribution in [0.15, 0.2) is 23.2 Å². The van der Waals surface area contributed by atoms with E-state index in [9.17, 15) is 4.79 Å². The van der Waals surface area contributed by atoms with Crippen molar-refractivity contribution in [3.8, 4) is 0 Å². The number of aliphatic imine (C=N–C) groups is 1. The van der Waals surface area contributed by atoms with Gasteiger partial charge in [0.25, 0.3) is 0 Å². The van der Waals surface area contributed by atoms with Crippen molar-refractivity contribution >= 4 is 17.7 Å². The van der Waals surface area contributed by atoms with Gasteiger partial charge in [0.15, 0.2) is 5.96 Å². The van der Waals surface area contributed by atoms with E-state index in [0.29, 0.717) is 31.5 Å². The monoisotopic (exact) mass is 291 g/mol. The standard InChI is InChI=1S/C14H21N5O2/c1-11-3-2-4-12(17-11)18-13(20)5-6-16-14(15)19-7-9-21-10-8-19/h2-4H,5-10H2,1H3,(H2,15,16)(H,17,18,20). The summed E-state index contributed by atoms with van der Waals surface area (Å²) in [6, 6.07) is 5.49. The Hall–Kier alpha value is -2.15. The third-order valence-corrected chi connectivity index (χ3v) is 3.10. The highest BCUT2D eigenvalue weighted by molar-refractivity contribution is 5.90. The number of anilines is 1. The molecule has 0 atom stereocenters. The Balaban J connectivity index is 1.75. The lowest BCUT2D eigenvalue weighted by Gasteiger charge is -2.27. The Morgan fingerprint density at radius 2 is 2.24 bits per heavy atom. The van der Waals surface area contributed by atoms with Crippen LogP contribution in [0.1, 0.15) is 12.1 Å². The van der Waals surface area contributed by atoms with Gasteiger partial charge in [-0.3, -0.25) is 9.79 Å². The highest BCUT2D eigenvalue weighted by Gasteiger charge is 2.12. The molecule has 2 rings (SSSR count). The van der Waals surface area contributed by atoms with Crippen molar-refractivity contribution in [2.45, 2.75) is 13.3 Å². The number of nitrogens with zero attached hydrogens (tertiary/aromatic N) is 3. The van der Waals surface area contributed by atoms with Gasteiger partial charge < -0.3 is 20.7 Å². The van der Waals surface area contributed by atoms with E-state index in [-0.39, 0.29) is 12.3 Å². The van der Waals surface area contributed by atoms with Crippen molar-refractivity contribution in [2.24, 2.45) is 10.7 Å². The number of amides is 1. The Morgan fingerprint density at radius 1 is 1.48 bits per heavy atom. The van der Waals surface area contributed by atoms with E-state index >= 15 is 0 Å². The molecule has 0 unspecified atom stereocenters. The van der Waals surface area contributed by atoms with E-state index in [2.05, 4.69) is 15.3 Å². The summed E-state index contributed by atoms with van der Waals surface area (Å²) in [6.45, 7) is 5.05. The predicted octanol–water partition coefficient (Wildman–Crippen LogP) is 0.366. The summed E-state index contributed by atoms with van der Waals surface area (Å²) < 4.78 is 5.25. The summed E-state index contributed by atoms with van der Waals surface area (Å²) in [5.74, 6) is 0.913. The maximum absolute atomic E-state index is 11.8. The number of hydrogen-bond donors (Lipinski definition) is 2. The van der Waals surface area contributed by atoms with Crippen LogP contribution in [0.25, 0.3) is 0 Å². The first-order valence-electron chi connectivity index (χ1n) is 7.01. The van der Waals surface area contributed by atoms with Gasteiger partial charge in [0.05, 0.1) is 19.8 Å². The number of aromatic nitrogens is 1. The molecule has 0 aliphatic carbocycles. The second kappa shape index (κ2) is 7.58. The number of hydrogen-bond acceptors (Lipinski definition) is 4. The van der Waals surface area contributed by atoms with Gasteiger partial charge in [-0.05, 0) is 19.1 Å². The smallest absolute Gasteiger partial charge is 0.227 e. The lowest BCUT2D eigenvalue weighted by molar-refractivity contribution is -0.116. The Morgan fingerprint density at radius 3 is 2.95 bits per heavy atom. The number of pyridine rings is 1. The molecule has 0 bridgehead atoms. The number of carbonyl (C=O) groups is 1. The van der Waals surface area contributed by atoms with Crippen molar-refractivity contribution in [2.75, 3.05) is 38.2 Å². The average molecular weight is 291 g/mol. The first-order valence-corrected chi connectivity index (χ1v) is 7.01. The molecule has 7 nitrogen and oxygen atoms in total. The highest BCUT2D eigenvalue weighted by atomic mass is 16.5. The largest absolute Gasteiger partial charge is 0.378 e. The van der Waals surface area contributed by atoms with Crippen molar-refractivity contribution in [1.82, 2.24) is 9.88 Å². The van der Waals surface area contributed by atoms with Gasteiger partial charge in [-0.1, -0.05) is 6.07 Å². The van der Waals surface area contributed by atoms with Gasteiger partial charge >= 0.3 is 0 Å². The van der Waals surface area contributed by atoms with Crippen molar-refractivity contribution in [3.05, 3.63) is 23.9 Å². The predicted molar refractivity (Wildman–Crippen MR) is 81.1 cm³/mol. The number of ether oxygens (including phenoxy) is 1. The van der Waals surface area contributed by atoms with Gasteiger partial charge in [0.1, 0.15) is 5.82 Å². The van der Waals surface area contributed by atoms with E-state index < -0.39 is 0 Å². The van der Waals surface area contributed by atoms with Crippen molar-refractivity contribution in [3.63, 3.8) is 0 Å². The molecule has 1 amide bonds. The van der Waals surface area contributed by atoms with Crippen LogP contribution in [-0.2, 0) is 9.53 Å². The van der Waals surface area contributed by atoms with E-state index in [4.69, 9.17) is 10.5 Å². The summed E-state index contributed by atoms with van der Waals surface area (Å²) in [5.41, 5.74) is 6.75. The van der Waals surface area contributed by atoms with Crippen LogP contribution < -0.4 is 11.1 Å². The molecular formula is C14H21N5O2. The molecule has 0 radical (unpaired) electrons. The molecule has 7 heteroatoms. The Kier molecular flexibility index (Phi) is 5.51. The first-order chi connectivity index (χ1) is 10.1. The summed E-state index contributed by atoms with van der Waals surface area (Å²) in [6.07, 6.45) is 0.278. The first kappa shape index (κ1) is 15.2. The summed E-state index contributed by atoms with van der Waals surface area (Å²) in [7, 11) is 0. The van der Waals surface area contributed by atoms with Gasteiger partial charge in [-0.2, -0.15) is 0 Å². The summed E-state index contributed by atoms with van der Waals surface area (Å²) in [5, 5.41) is 2.74. The minimum absolute atomic E-state index is 0.119. The molecule has 3 N–H and O–H groups in total. The number of nitrogens with two attached hydrogens (primary N) is 1. The Labute approximate surface area is 124 Å². The van der Waals surface area contributed by atoms with Crippen LogP contribution in [0.5, 0.6) is 0 Å². The molecule has 0 saturated carbocycles. The second-order valence-electron chi connectivity index (χ2n) is 4.80. The number of morpholine rings is 1. The third kappa shape index (κ3) is 5.03. The topological polar surface area (TPSA) is 92.8 Å². The molecule has 21 heavy (non-hydrogen) atoms. The van der Waals surface area contributed by atoms with E-state index in [1.807, 2.05) is 24.0 Å². The van der Waals surface area contributed by atoms with Crippen LogP contribution in [0.4, 0.5) is 5.82 Å². The summed E-state index contributed by atoms with van der Waals surface area (Å²) in [4.78, 5) is 22.2. The maximum Gasteiger partial charge on any atom is 0.227 e. The zero-order valence-electron chi connectivity index (χ0n) is 12.2. The van der Waals surface area contributed by atoms with Crippen LogP contribution in [0.3, 0.4) is 0 Å². The van der Waals surface area contributed by atoms with Crippen LogP contribution in [0, 0.1) is 6.92 Å². The summed E-state index contributed by atoms with van der Waals surface area (Å²) >= 11 is 0. The molecule has 1 aromatic rings. The fourth-order valence-corrected chi connectivity index (χ4v) is 1.98. The van der Waals surface area contributed by atoms with E-state index in [1.54, 1.807) is 6.07 Å². The normalized spacial score (nSPS) is 15.9. The van der Waals surface area contributed by atoms with Crippen LogP contribution >= 0.6 is 0 Å². The number of carbonyl (C=O) groups excluding carboxylic acids is 1. The van der Waals surface area contributed by atoms with Gasteiger partial charge in [-0.15, -0.1) is 0 Å². The maximum atomic E-state index is 11.8. The minimum atomic E-state index is -0.119. The molecule has 1 aliphatic heterocycles. The number of aryl methyl sites for hydroxylation is 1. The lowest BCUT2D eigenvalue weighted by Crippen LogP contribution is -2.44. The zero-order valence-corrected chi connectivity index (χ0v) is 12.2. The number of rotatable bonds is 4. The van der Waals surface area contributed by atoms with Crippen LogP contribution in [0.2, 0.25) is 0 Å². The minimum Gasteiger partial charge on any atom is -0.378 e. The molecule has 114 valence electrons. The van der Waals surface area contributed by atoms with E-state index in [1.165, 1.54) is 0 Å². The SMILES string of the molecule is Cc1cccc(NC(=O)CCN=C(N)N2CCOCC2)n1. The van der Waals surface area contributed by atoms with Crippen molar-refractivity contribution < 1.29 is 9.53 Å². The lowest BCUT2D eigenvalue weighted by atomic mass is 10.3.